The largest absolute Gasteiger partial charge is 0.371 e. The molecule has 4 rings (SSSR count). The number of para-hydroxylation sites is 1. The highest BCUT2D eigenvalue weighted by atomic mass is 16.6. The van der Waals surface area contributed by atoms with Crippen LogP contribution in [-0.4, -0.2) is 67.5 Å². The standard InChI is InChI=1S/C24H29N5O4/c30-23(28-16-14-26(15-17-28)19-6-2-1-3-7-19)10-11-25-24(31)21-18-20(29(32)33)8-9-22(21)27-12-4-5-13-27/h1-3,6-9,18H,4-5,10-17H2,(H,25,31). The van der Waals surface area contributed by atoms with Gasteiger partial charge in [-0.2, -0.15) is 0 Å². The fourth-order valence-corrected chi connectivity index (χ4v) is 4.44. The zero-order chi connectivity index (χ0) is 23.2. The van der Waals surface area contributed by atoms with Crippen LogP contribution < -0.4 is 15.1 Å². The maximum atomic E-state index is 12.9. The van der Waals surface area contributed by atoms with E-state index in [1.165, 1.54) is 12.1 Å². The van der Waals surface area contributed by atoms with E-state index in [9.17, 15) is 19.7 Å². The maximum Gasteiger partial charge on any atom is 0.270 e. The van der Waals surface area contributed by atoms with Gasteiger partial charge < -0.3 is 20.0 Å². The van der Waals surface area contributed by atoms with Gasteiger partial charge in [0.25, 0.3) is 11.6 Å². The third-order valence-electron chi connectivity index (χ3n) is 6.26. The summed E-state index contributed by atoms with van der Waals surface area (Å²) in [5.74, 6) is -0.385. The molecule has 2 heterocycles. The van der Waals surface area contributed by atoms with E-state index in [0.29, 0.717) is 18.8 Å². The quantitative estimate of drug-likeness (QED) is 0.513. The lowest BCUT2D eigenvalue weighted by Crippen LogP contribution is -2.49. The summed E-state index contributed by atoms with van der Waals surface area (Å²) < 4.78 is 0. The van der Waals surface area contributed by atoms with E-state index in [1.807, 2.05) is 23.1 Å². The van der Waals surface area contributed by atoms with E-state index in [2.05, 4.69) is 27.2 Å². The molecule has 2 saturated heterocycles. The number of carbonyl (C=O) groups excluding carboxylic acids is 2. The Morgan fingerprint density at radius 2 is 1.61 bits per heavy atom. The molecule has 0 unspecified atom stereocenters. The molecule has 0 spiro atoms. The van der Waals surface area contributed by atoms with Crippen molar-refractivity contribution in [1.82, 2.24) is 10.2 Å². The van der Waals surface area contributed by atoms with Crippen LogP contribution in [0.1, 0.15) is 29.6 Å². The molecule has 9 nitrogen and oxygen atoms in total. The maximum absolute atomic E-state index is 12.9. The molecular weight excluding hydrogens is 422 g/mol. The van der Waals surface area contributed by atoms with Crippen LogP contribution in [0.25, 0.3) is 0 Å². The topological polar surface area (TPSA) is 99.0 Å². The molecule has 33 heavy (non-hydrogen) atoms. The van der Waals surface area contributed by atoms with Gasteiger partial charge in [-0.25, -0.2) is 0 Å². The van der Waals surface area contributed by atoms with E-state index >= 15 is 0 Å². The number of nitro benzene ring substituents is 1. The molecule has 9 heteroatoms. The van der Waals surface area contributed by atoms with Crippen LogP contribution in [-0.2, 0) is 4.79 Å². The summed E-state index contributed by atoms with van der Waals surface area (Å²) in [5.41, 5.74) is 2.03. The number of amides is 2. The summed E-state index contributed by atoms with van der Waals surface area (Å²) in [4.78, 5) is 42.4. The summed E-state index contributed by atoms with van der Waals surface area (Å²) >= 11 is 0. The molecule has 174 valence electrons. The van der Waals surface area contributed by atoms with Gasteiger partial charge in [0.2, 0.25) is 5.91 Å². The fraction of sp³-hybridized carbons (Fsp3) is 0.417. The summed E-state index contributed by atoms with van der Waals surface area (Å²) in [5, 5.41) is 14.0. The third kappa shape index (κ3) is 5.42. The van der Waals surface area contributed by atoms with Crippen molar-refractivity contribution in [3.05, 3.63) is 64.2 Å². The molecule has 0 atom stereocenters. The first-order valence-corrected chi connectivity index (χ1v) is 11.4. The van der Waals surface area contributed by atoms with Crippen LogP contribution in [0.4, 0.5) is 17.1 Å². The molecule has 2 aliphatic rings. The van der Waals surface area contributed by atoms with Crippen LogP contribution in [0.2, 0.25) is 0 Å². The summed E-state index contributed by atoms with van der Waals surface area (Å²) in [6.07, 6.45) is 2.26. The second-order valence-corrected chi connectivity index (χ2v) is 8.36. The zero-order valence-corrected chi connectivity index (χ0v) is 18.6. The van der Waals surface area contributed by atoms with E-state index in [4.69, 9.17) is 0 Å². The number of piperazine rings is 1. The summed E-state index contributed by atoms with van der Waals surface area (Å²) in [6.45, 7) is 4.68. The first-order chi connectivity index (χ1) is 16.0. The Balaban J connectivity index is 1.30. The molecule has 2 fully saturated rings. The minimum absolute atomic E-state index is 0.00169. The summed E-state index contributed by atoms with van der Waals surface area (Å²) in [7, 11) is 0. The van der Waals surface area contributed by atoms with Crippen molar-refractivity contribution in [2.75, 3.05) is 55.6 Å². The van der Waals surface area contributed by atoms with E-state index < -0.39 is 4.92 Å². The number of benzene rings is 2. The molecule has 0 aliphatic carbocycles. The lowest BCUT2D eigenvalue weighted by Gasteiger charge is -2.36. The predicted octanol–water partition coefficient (Wildman–Crippen LogP) is 2.66. The first kappa shape index (κ1) is 22.6. The third-order valence-corrected chi connectivity index (χ3v) is 6.26. The zero-order valence-electron chi connectivity index (χ0n) is 18.6. The van der Waals surface area contributed by atoms with Gasteiger partial charge in [-0.05, 0) is 31.0 Å². The highest BCUT2D eigenvalue weighted by Gasteiger charge is 2.24. The van der Waals surface area contributed by atoms with Crippen molar-refractivity contribution in [3.63, 3.8) is 0 Å². The molecule has 2 aromatic carbocycles. The molecule has 2 amide bonds. The van der Waals surface area contributed by atoms with E-state index in [-0.39, 0.29) is 36.0 Å². The lowest BCUT2D eigenvalue weighted by atomic mass is 10.1. The number of nitrogens with one attached hydrogen (secondary N) is 1. The number of anilines is 2. The van der Waals surface area contributed by atoms with Crippen molar-refractivity contribution in [2.24, 2.45) is 0 Å². The Hall–Kier alpha value is -3.62. The second-order valence-electron chi connectivity index (χ2n) is 8.36. The highest BCUT2D eigenvalue weighted by Crippen LogP contribution is 2.28. The predicted molar refractivity (Wildman–Crippen MR) is 127 cm³/mol. The Kier molecular flexibility index (Phi) is 7.07. The molecule has 2 aliphatic heterocycles. The number of rotatable bonds is 7. The lowest BCUT2D eigenvalue weighted by molar-refractivity contribution is -0.384. The van der Waals surface area contributed by atoms with Crippen LogP contribution in [0.5, 0.6) is 0 Å². The van der Waals surface area contributed by atoms with Gasteiger partial charge in [0, 0.05) is 70.1 Å². The van der Waals surface area contributed by atoms with Crippen LogP contribution in [0, 0.1) is 10.1 Å². The molecule has 0 radical (unpaired) electrons. The minimum atomic E-state index is -0.497. The van der Waals surface area contributed by atoms with E-state index in [1.54, 1.807) is 6.07 Å². The second kappa shape index (κ2) is 10.3. The van der Waals surface area contributed by atoms with Crippen molar-refractivity contribution in [2.45, 2.75) is 19.3 Å². The fourth-order valence-electron chi connectivity index (χ4n) is 4.44. The molecular formula is C24H29N5O4. The van der Waals surface area contributed by atoms with Crippen molar-refractivity contribution in [1.29, 1.82) is 0 Å². The Bertz CT molecular complexity index is 999. The number of hydrogen-bond acceptors (Lipinski definition) is 6. The van der Waals surface area contributed by atoms with Gasteiger partial charge in [0.1, 0.15) is 0 Å². The Morgan fingerprint density at radius 1 is 0.909 bits per heavy atom. The van der Waals surface area contributed by atoms with Crippen molar-refractivity contribution >= 4 is 28.9 Å². The van der Waals surface area contributed by atoms with E-state index in [0.717, 1.165) is 44.7 Å². The average Bonchev–Trinajstić information content (AvgIpc) is 3.39. The summed E-state index contributed by atoms with van der Waals surface area (Å²) in [6, 6.07) is 14.5. The van der Waals surface area contributed by atoms with Gasteiger partial charge in [-0.3, -0.25) is 19.7 Å². The number of carbonyl (C=O) groups is 2. The first-order valence-electron chi connectivity index (χ1n) is 11.4. The molecule has 1 N–H and O–H groups in total. The SMILES string of the molecule is O=C(NCCC(=O)N1CCN(c2ccccc2)CC1)c1cc([N+](=O)[O-])ccc1N1CCCC1. The molecule has 2 aromatic rings. The van der Waals surface area contributed by atoms with Gasteiger partial charge in [-0.1, -0.05) is 18.2 Å². The highest BCUT2D eigenvalue weighted by molar-refractivity contribution is 6.00. The average molecular weight is 452 g/mol. The number of non-ortho nitro benzene ring substituents is 1. The normalized spacial score (nSPS) is 16.1. The molecule has 0 aromatic heterocycles. The number of nitro groups is 1. The van der Waals surface area contributed by atoms with Gasteiger partial charge in [0.15, 0.2) is 0 Å². The molecule has 0 bridgehead atoms. The molecule has 0 saturated carbocycles. The van der Waals surface area contributed by atoms with Crippen molar-refractivity contribution < 1.29 is 14.5 Å². The van der Waals surface area contributed by atoms with Gasteiger partial charge in [-0.15, -0.1) is 0 Å². The van der Waals surface area contributed by atoms with Crippen molar-refractivity contribution in [3.8, 4) is 0 Å². The van der Waals surface area contributed by atoms with Crippen LogP contribution in [0.3, 0.4) is 0 Å². The number of nitrogens with zero attached hydrogens (tertiary/aromatic N) is 4. The minimum Gasteiger partial charge on any atom is -0.371 e. The smallest absolute Gasteiger partial charge is 0.270 e. The monoisotopic (exact) mass is 451 g/mol. The van der Waals surface area contributed by atoms with Gasteiger partial charge in [0.05, 0.1) is 16.2 Å². The van der Waals surface area contributed by atoms with Crippen LogP contribution >= 0.6 is 0 Å². The Morgan fingerprint density at radius 3 is 2.27 bits per heavy atom. The van der Waals surface area contributed by atoms with Crippen LogP contribution in [0.15, 0.2) is 48.5 Å². The van der Waals surface area contributed by atoms with Gasteiger partial charge >= 0.3 is 0 Å². The Labute approximate surface area is 193 Å². The number of hydrogen-bond donors (Lipinski definition) is 1.